The summed E-state index contributed by atoms with van der Waals surface area (Å²) in [6.45, 7) is 4.79. The van der Waals surface area contributed by atoms with Crippen molar-refractivity contribution in [2.24, 2.45) is 0 Å². The first-order valence-corrected chi connectivity index (χ1v) is 6.59. The second kappa shape index (κ2) is 4.34. The van der Waals surface area contributed by atoms with Crippen LogP contribution in [0, 0.1) is 0 Å². The largest absolute Gasteiger partial charge is 0.107 e. The van der Waals surface area contributed by atoms with Crippen LogP contribution >= 0.6 is 7.92 Å². The monoisotopic (exact) mass is 158 g/mol. The Hall–Kier alpha value is 0.430. The first-order chi connectivity index (χ1) is 4.84. The van der Waals surface area contributed by atoms with Gasteiger partial charge in [0.25, 0.3) is 0 Å². The lowest BCUT2D eigenvalue weighted by Gasteiger charge is -2.14. The predicted molar refractivity (Wildman–Crippen MR) is 50.3 cm³/mol. The summed E-state index contributed by atoms with van der Waals surface area (Å²) in [4.78, 5) is 0. The highest BCUT2D eigenvalue weighted by molar-refractivity contribution is 7.57. The molecule has 1 fully saturated rings. The molecule has 60 valence electrons. The Morgan fingerprint density at radius 2 is 2.30 bits per heavy atom. The van der Waals surface area contributed by atoms with Crippen LogP contribution in [-0.4, -0.2) is 18.5 Å². The summed E-state index contributed by atoms with van der Waals surface area (Å²) in [7, 11) is 0.460. The Labute approximate surface area is 66.2 Å². The summed E-state index contributed by atoms with van der Waals surface area (Å²) in [5.74, 6) is 0. The molecule has 0 aliphatic carbocycles. The molecule has 0 bridgehead atoms. The first kappa shape index (κ1) is 8.53. The van der Waals surface area contributed by atoms with E-state index >= 15 is 0 Å². The zero-order valence-corrected chi connectivity index (χ0v) is 8.16. The van der Waals surface area contributed by atoms with Crippen molar-refractivity contribution in [3.05, 3.63) is 0 Å². The van der Waals surface area contributed by atoms with Gasteiger partial charge in [-0.3, -0.25) is 0 Å². The maximum absolute atomic E-state index is 2.49. The maximum atomic E-state index is 2.49. The van der Waals surface area contributed by atoms with Crippen molar-refractivity contribution in [3.8, 4) is 0 Å². The summed E-state index contributed by atoms with van der Waals surface area (Å²) in [6.07, 6.45) is 9.01. The SMILES string of the molecule is CCCC[C@H]1CCCP1C. The Morgan fingerprint density at radius 3 is 2.80 bits per heavy atom. The van der Waals surface area contributed by atoms with E-state index in [0.717, 1.165) is 5.66 Å². The van der Waals surface area contributed by atoms with E-state index in [-0.39, 0.29) is 0 Å². The van der Waals surface area contributed by atoms with Crippen molar-refractivity contribution < 1.29 is 0 Å². The quantitative estimate of drug-likeness (QED) is 0.552. The van der Waals surface area contributed by atoms with Crippen LogP contribution < -0.4 is 0 Å². The number of hydrogen-bond acceptors (Lipinski definition) is 0. The molecule has 0 N–H and O–H groups in total. The van der Waals surface area contributed by atoms with Gasteiger partial charge < -0.3 is 0 Å². The first-order valence-electron chi connectivity index (χ1n) is 4.55. The molecule has 1 heteroatoms. The molecule has 0 nitrogen and oxygen atoms in total. The van der Waals surface area contributed by atoms with Gasteiger partial charge in [0.2, 0.25) is 0 Å². The van der Waals surface area contributed by atoms with Crippen LogP contribution in [0.5, 0.6) is 0 Å². The van der Waals surface area contributed by atoms with E-state index < -0.39 is 0 Å². The van der Waals surface area contributed by atoms with Crippen LogP contribution in [0.2, 0.25) is 0 Å². The molecule has 0 spiro atoms. The molecule has 1 aliphatic heterocycles. The maximum Gasteiger partial charge on any atom is -0.0212 e. The average molecular weight is 158 g/mol. The van der Waals surface area contributed by atoms with Gasteiger partial charge >= 0.3 is 0 Å². The summed E-state index contributed by atoms with van der Waals surface area (Å²) < 4.78 is 0. The molecule has 2 atom stereocenters. The van der Waals surface area contributed by atoms with Crippen LogP contribution in [0.15, 0.2) is 0 Å². The molecule has 1 aliphatic rings. The Balaban J connectivity index is 2.14. The van der Waals surface area contributed by atoms with Crippen molar-refractivity contribution in [1.29, 1.82) is 0 Å². The lowest BCUT2D eigenvalue weighted by molar-refractivity contribution is 0.657. The highest BCUT2D eigenvalue weighted by Crippen LogP contribution is 2.48. The van der Waals surface area contributed by atoms with E-state index in [0.29, 0.717) is 7.92 Å². The molecule has 0 aromatic carbocycles. The van der Waals surface area contributed by atoms with Gasteiger partial charge in [-0.05, 0) is 37.7 Å². The van der Waals surface area contributed by atoms with Gasteiger partial charge in [0.05, 0.1) is 0 Å². The summed E-state index contributed by atoms with van der Waals surface area (Å²) in [6, 6.07) is 0. The fourth-order valence-corrected chi connectivity index (χ4v) is 4.08. The van der Waals surface area contributed by atoms with Crippen molar-refractivity contribution in [3.63, 3.8) is 0 Å². The third-order valence-electron chi connectivity index (χ3n) is 2.56. The lowest BCUT2D eigenvalue weighted by Crippen LogP contribution is -1.97. The highest BCUT2D eigenvalue weighted by Gasteiger charge is 2.21. The Morgan fingerprint density at radius 1 is 1.50 bits per heavy atom. The molecular weight excluding hydrogens is 139 g/mol. The molecular formula is C9H19P. The van der Waals surface area contributed by atoms with Crippen molar-refractivity contribution in [2.45, 2.75) is 44.7 Å². The minimum absolute atomic E-state index is 0.460. The number of rotatable bonds is 3. The fourth-order valence-electron chi connectivity index (χ4n) is 1.78. The van der Waals surface area contributed by atoms with Crippen LogP contribution in [-0.2, 0) is 0 Å². The van der Waals surface area contributed by atoms with Gasteiger partial charge in [0.1, 0.15) is 0 Å². The van der Waals surface area contributed by atoms with Crippen LogP contribution in [0.25, 0.3) is 0 Å². The number of unbranched alkanes of at least 4 members (excludes halogenated alkanes) is 1. The standard InChI is InChI=1S/C9H19P/c1-3-4-6-9-7-5-8-10(9)2/h9H,3-8H2,1-2H3/t9-,10?/m0/s1. The Bertz CT molecular complexity index is 90.7. The normalized spacial score (nSPS) is 33.0. The summed E-state index contributed by atoms with van der Waals surface area (Å²) in [5.41, 5.74) is 1.15. The molecule has 0 aromatic heterocycles. The third kappa shape index (κ3) is 2.23. The molecule has 10 heavy (non-hydrogen) atoms. The predicted octanol–water partition coefficient (Wildman–Crippen LogP) is 3.45. The third-order valence-corrected chi connectivity index (χ3v) is 5.35. The van der Waals surface area contributed by atoms with E-state index in [4.69, 9.17) is 0 Å². The second-order valence-electron chi connectivity index (χ2n) is 3.42. The summed E-state index contributed by atoms with van der Waals surface area (Å²) in [5, 5.41) is 0. The van der Waals surface area contributed by atoms with Crippen molar-refractivity contribution in [2.75, 3.05) is 12.8 Å². The Kier molecular flexibility index (Phi) is 3.70. The second-order valence-corrected chi connectivity index (χ2v) is 6.11. The molecule has 0 radical (unpaired) electrons. The molecule has 0 aromatic rings. The van der Waals surface area contributed by atoms with Gasteiger partial charge in [-0.1, -0.05) is 19.8 Å². The van der Waals surface area contributed by atoms with Gasteiger partial charge in [0.15, 0.2) is 0 Å². The fraction of sp³-hybridized carbons (Fsp3) is 1.00. The minimum atomic E-state index is 0.460. The molecule has 0 saturated carbocycles. The van der Waals surface area contributed by atoms with Gasteiger partial charge in [-0.15, -0.1) is 7.92 Å². The van der Waals surface area contributed by atoms with E-state index in [9.17, 15) is 0 Å². The van der Waals surface area contributed by atoms with Crippen LogP contribution in [0.3, 0.4) is 0 Å². The molecule has 1 rings (SSSR count). The molecule has 1 saturated heterocycles. The lowest BCUT2D eigenvalue weighted by atomic mass is 10.1. The van der Waals surface area contributed by atoms with Gasteiger partial charge in [0, 0.05) is 0 Å². The molecule has 1 heterocycles. The minimum Gasteiger partial charge on any atom is -0.107 e. The number of hydrogen-bond donors (Lipinski definition) is 0. The van der Waals surface area contributed by atoms with Crippen LogP contribution in [0.1, 0.15) is 39.0 Å². The zero-order chi connectivity index (χ0) is 7.40. The zero-order valence-electron chi connectivity index (χ0n) is 7.27. The van der Waals surface area contributed by atoms with Crippen LogP contribution in [0.4, 0.5) is 0 Å². The van der Waals surface area contributed by atoms with E-state index in [2.05, 4.69) is 13.6 Å². The van der Waals surface area contributed by atoms with Crippen molar-refractivity contribution >= 4 is 7.92 Å². The topological polar surface area (TPSA) is 0 Å². The van der Waals surface area contributed by atoms with Gasteiger partial charge in [-0.2, -0.15) is 0 Å². The van der Waals surface area contributed by atoms with E-state index in [1.165, 1.54) is 25.7 Å². The smallest absolute Gasteiger partial charge is 0.0212 e. The highest BCUT2D eigenvalue weighted by atomic mass is 31.1. The average Bonchev–Trinajstić information content (AvgIpc) is 2.31. The van der Waals surface area contributed by atoms with Crippen molar-refractivity contribution in [1.82, 2.24) is 0 Å². The van der Waals surface area contributed by atoms with Gasteiger partial charge in [-0.25, -0.2) is 0 Å². The molecule has 1 unspecified atom stereocenters. The molecule has 0 amide bonds. The van der Waals surface area contributed by atoms with E-state index in [1.807, 2.05) is 0 Å². The summed E-state index contributed by atoms with van der Waals surface area (Å²) >= 11 is 0. The van der Waals surface area contributed by atoms with E-state index in [1.54, 1.807) is 12.6 Å².